The van der Waals surface area contributed by atoms with E-state index in [4.69, 9.17) is 0 Å². The standard InChI is InChI=1S/C17H14BrN5O2/c1-19-16-15(23(24)25)14(10-6-8-11(18)9-7-10)22-13-5-3-2-4-12(13)20-17(22)21-16/h2-9,14,19H,1H3,(H,20,21). The predicted molar refractivity (Wildman–Crippen MR) is 98.7 cm³/mol. The molecule has 8 heteroatoms. The third-order valence-electron chi connectivity index (χ3n) is 4.24. The number of allylic oxidation sites excluding steroid dienone is 1. The van der Waals surface area contributed by atoms with Gasteiger partial charge in [-0.1, -0.05) is 40.2 Å². The lowest BCUT2D eigenvalue weighted by molar-refractivity contribution is -0.432. The van der Waals surface area contributed by atoms with Gasteiger partial charge in [0.05, 0.1) is 16.0 Å². The summed E-state index contributed by atoms with van der Waals surface area (Å²) in [5, 5.41) is 17.8. The molecule has 7 nitrogen and oxygen atoms in total. The normalized spacial score (nSPS) is 16.5. The molecule has 0 spiro atoms. The summed E-state index contributed by atoms with van der Waals surface area (Å²) >= 11 is 3.41. The molecular formula is C17H14BrN5O2. The maximum Gasteiger partial charge on any atom is 0.313 e. The van der Waals surface area contributed by atoms with Gasteiger partial charge in [-0.2, -0.15) is 0 Å². The average Bonchev–Trinajstić information content (AvgIpc) is 2.98. The first-order valence-corrected chi connectivity index (χ1v) is 8.45. The molecule has 0 amide bonds. The van der Waals surface area contributed by atoms with Gasteiger partial charge in [-0.05, 0) is 29.8 Å². The summed E-state index contributed by atoms with van der Waals surface area (Å²) in [7, 11) is 1.66. The van der Waals surface area contributed by atoms with Crippen LogP contribution in [0.25, 0.3) is 11.0 Å². The number of benzene rings is 2. The lowest BCUT2D eigenvalue weighted by Crippen LogP contribution is -2.33. The maximum atomic E-state index is 11.9. The van der Waals surface area contributed by atoms with Crippen LogP contribution in [0.2, 0.25) is 0 Å². The maximum absolute atomic E-state index is 11.9. The van der Waals surface area contributed by atoms with Crippen LogP contribution in [0.1, 0.15) is 11.6 Å². The van der Waals surface area contributed by atoms with Crippen LogP contribution < -0.4 is 10.6 Å². The molecule has 1 aliphatic heterocycles. The Hall–Kier alpha value is -2.87. The van der Waals surface area contributed by atoms with Crippen molar-refractivity contribution in [3.8, 4) is 0 Å². The quantitative estimate of drug-likeness (QED) is 0.520. The van der Waals surface area contributed by atoms with Crippen LogP contribution in [0.4, 0.5) is 5.95 Å². The van der Waals surface area contributed by atoms with Crippen LogP contribution in [0.3, 0.4) is 0 Å². The summed E-state index contributed by atoms with van der Waals surface area (Å²) in [6.07, 6.45) is 0. The van der Waals surface area contributed by atoms with Crippen molar-refractivity contribution in [2.75, 3.05) is 12.4 Å². The van der Waals surface area contributed by atoms with Crippen LogP contribution in [0.15, 0.2) is 64.5 Å². The molecule has 4 rings (SSSR count). The first kappa shape index (κ1) is 15.6. The highest BCUT2D eigenvalue weighted by molar-refractivity contribution is 9.10. The molecule has 3 aromatic rings. The van der Waals surface area contributed by atoms with E-state index in [0.29, 0.717) is 11.8 Å². The molecule has 0 saturated heterocycles. The van der Waals surface area contributed by atoms with Crippen LogP contribution in [0.5, 0.6) is 0 Å². The number of anilines is 1. The fraction of sp³-hybridized carbons (Fsp3) is 0.118. The van der Waals surface area contributed by atoms with Crippen molar-refractivity contribution in [1.29, 1.82) is 0 Å². The van der Waals surface area contributed by atoms with E-state index in [2.05, 4.69) is 31.5 Å². The summed E-state index contributed by atoms with van der Waals surface area (Å²) < 4.78 is 2.79. The number of fused-ring (bicyclic) bond motifs is 3. The van der Waals surface area contributed by atoms with E-state index in [1.807, 2.05) is 53.1 Å². The molecule has 126 valence electrons. The minimum atomic E-state index is -0.589. The van der Waals surface area contributed by atoms with Crippen LogP contribution >= 0.6 is 15.9 Å². The number of hydrogen-bond acceptors (Lipinski definition) is 5. The second kappa shape index (κ2) is 5.89. The molecule has 0 bridgehead atoms. The van der Waals surface area contributed by atoms with Gasteiger partial charge in [-0.15, -0.1) is 0 Å². The minimum absolute atomic E-state index is 0.0560. The Balaban J connectivity index is 2.03. The van der Waals surface area contributed by atoms with Crippen LogP contribution in [-0.2, 0) is 0 Å². The number of para-hydroxylation sites is 2. The third-order valence-corrected chi connectivity index (χ3v) is 4.77. The molecule has 1 atom stereocenters. The SMILES string of the molecule is CNC1=C([N+](=O)[O-])C(c2ccc(Br)cc2)n2c(nc3ccccc32)N1. The zero-order valence-electron chi connectivity index (χ0n) is 13.2. The lowest BCUT2D eigenvalue weighted by atomic mass is 10.0. The molecule has 0 radical (unpaired) electrons. The van der Waals surface area contributed by atoms with Gasteiger partial charge in [-0.3, -0.25) is 14.7 Å². The highest BCUT2D eigenvalue weighted by atomic mass is 79.9. The van der Waals surface area contributed by atoms with Gasteiger partial charge in [-0.25, -0.2) is 4.98 Å². The fourth-order valence-electron chi connectivity index (χ4n) is 3.16. The highest BCUT2D eigenvalue weighted by Gasteiger charge is 2.39. The van der Waals surface area contributed by atoms with Gasteiger partial charge in [0.2, 0.25) is 5.95 Å². The van der Waals surface area contributed by atoms with Crippen molar-refractivity contribution in [2.24, 2.45) is 0 Å². The van der Waals surface area contributed by atoms with Crippen molar-refractivity contribution < 1.29 is 4.92 Å². The minimum Gasteiger partial charge on any atom is -0.369 e. The first-order chi connectivity index (χ1) is 12.1. The molecule has 0 aliphatic carbocycles. The van der Waals surface area contributed by atoms with E-state index < -0.39 is 6.04 Å². The second-order valence-electron chi connectivity index (χ2n) is 5.64. The zero-order chi connectivity index (χ0) is 17.6. The molecule has 2 heterocycles. The van der Waals surface area contributed by atoms with Gasteiger partial charge in [0, 0.05) is 11.5 Å². The van der Waals surface area contributed by atoms with Crippen molar-refractivity contribution in [1.82, 2.24) is 14.9 Å². The van der Waals surface area contributed by atoms with Gasteiger partial charge in [0.1, 0.15) is 0 Å². The highest BCUT2D eigenvalue weighted by Crippen LogP contribution is 2.38. The lowest BCUT2D eigenvalue weighted by Gasteiger charge is -2.26. The monoisotopic (exact) mass is 399 g/mol. The van der Waals surface area contributed by atoms with E-state index in [-0.39, 0.29) is 10.6 Å². The Labute approximate surface area is 151 Å². The molecule has 0 fully saturated rings. The Morgan fingerprint density at radius 2 is 1.96 bits per heavy atom. The fourth-order valence-corrected chi connectivity index (χ4v) is 3.43. The van der Waals surface area contributed by atoms with E-state index >= 15 is 0 Å². The van der Waals surface area contributed by atoms with E-state index in [1.165, 1.54) is 0 Å². The number of nitrogens with zero attached hydrogens (tertiary/aromatic N) is 3. The molecule has 2 aromatic carbocycles. The molecule has 1 aromatic heterocycles. The molecule has 1 unspecified atom stereocenters. The van der Waals surface area contributed by atoms with E-state index in [9.17, 15) is 10.1 Å². The summed E-state index contributed by atoms with van der Waals surface area (Å²) in [6.45, 7) is 0. The number of aromatic nitrogens is 2. The Morgan fingerprint density at radius 3 is 2.64 bits per heavy atom. The summed E-state index contributed by atoms with van der Waals surface area (Å²) in [4.78, 5) is 16.1. The van der Waals surface area contributed by atoms with Gasteiger partial charge in [0.15, 0.2) is 11.9 Å². The van der Waals surface area contributed by atoms with Crippen LogP contribution in [0, 0.1) is 10.1 Å². The van der Waals surface area contributed by atoms with E-state index in [1.54, 1.807) is 7.05 Å². The number of imidazole rings is 1. The molecule has 0 saturated carbocycles. The molecule has 2 N–H and O–H groups in total. The average molecular weight is 400 g/mol. The summed E-state index contributed by atoms with van der Waals surface area (Å²) in [5.74, 6) is 0.921. The van der Waals surface area contributed by atoms with Crippen LogP contribution in [-0.4, -0.2) is 21.5 Å². The summed E-state index contributed by atoms with van der Waals surface area (Å²) in [6, 6.07) is 14.6. The van der Waals surface area contributed by atoms with Crippen molar-refractivity contribution in [3.63, 3.8) is 0 Å². The molecule has 25 heavy (non-hydrogen) atoms. The van der Waals surface area contributed by atoms with Crippen molar-refractivity contribution in [2.45, 2.75) is 6.04 Å². The summed E-state index contributed by atoms with van der Waals surface area (Å²) in [5.41, 5.74) is 2.49. The Morgan fingerprint density at radius 1 is 1.24 bits per heavy atom. The molecule has 1 aliphatic rings. The third kappa shape index (κ3) is 2.45. The van der Waals surface area contributed by atoms with Crippen molar-refractivity contribution in [3.05, 3.63) is 80.2 Å². The smallest absolute Gasteiger partial charge is 0.313 e. The zero-order valence-corrected chi connectivity index (χ0v) is 14.8. The number of nitrogens with one attached hydrogen (secondary N) is 2. The van der Waals surface area contributed by atoms with Gasteiger partial charge < -0.3 is 10.6 Å². The number of rotatable bonds is 3. The molecular weight excluding hydrogens is 386 g/mol. The van der Waals surface area contributed by atoms with Crippen molar-refractivity contribution >= 4 is 32.9 Å². The Kier molecular flexibility index (Phi) is 3.69. The topological polar surface area (TPSA) is 85.0 Å². The Bertz CT molecular complexity index is 1010. The van der Waals surface area contributed by atoms with Gasteiger partial charge in [0.25, 0.3) is 0 Å². The van der Waals surface area contributed by atoms with E-state index in [0.717, 1.165) is 21.1 Å². The van der Waals surface area contributed by atoms with Gasteiger partial charge >= 0.3 is 5.70 Å². The number of hydrogen-bond donors (Lipinski definition) is 2. The number of nitro groups is 1. The predicted octanol–water partition coefficient (Wildman–Crippen LogP) is 3.48. The largest absolute Gasteiger partial charge is 0.369 e. The number of halogens is 1. The second-order valence-corrected chi connectivity index (χ2v) is 6.56. The first-order valence-electron chi connectivity index (χ1n) is 7.66.